The molecule has 0 aliphatic rings. The minimum atomic E-state index is -0.726. The van der Waals surface area contributed by atoms with Crippen LogP contribution in [0.2, 0.25) is 0 Å². The van der Waals surface area contributed by atoms with Gasteiger partial charge < -0.3 is 27.0 Å². The Bertz CT molecular complexity index is 386. The minimum Gasteiger partial charge on any atom is -0.357 e. The van der Waals surface area contributed by atoms with Crippen LogP contribution in [0.1, 0.15) is 26.2 Å². The summed E-state index contributed by atoms with van der Waals surface area (Å²) in [6.07, 6.45) is 1.10. The van der Waals surface area contributed by atoms with Crippen LogP contribution in [0.3, 0.4) is 0 Å². The zero-order valence-corrected chi connectivity index (χ0v) is 12.3. The second-order valence-electron chi connectivity index (χ2n) is 4.30. The molecule has 0 heterocycles. The van der Waals surface area contributed by atoms with Gasteiger partial charge >= 0.3 is 6.03 Å². The minimum absolute atomic E-state index is 0.181. The van der Waals surface area contributed by atoms with Crippen LogP contribution in [0.4, 0.5) is 4.79 Å². The Labute approximate surface area is 123 Å². The van der Waals surface area contributed by atoms with Crippen LogP contribution in [-0.4, -0.2) is 49.9 Å². The molecule has 0 bridgehead atoms. The number of nitrogens with one attached hydrogen (secondary N) is 4. The molecule has 0 aromatic rings. The smallest absolute Gasteiger partial charge is 0.312 e. The number of nitrogens with two attached hydrogens (primary N) is 1. The number of carbonyl (C=O) groups is 4. The molecule has 120 valence electrons. The monoisotopic (exact) mass is 301 g/mol. The van der Waals surface area contributed by atoms with Crippen LogP contribution in [-0.2, 0) is 14.4 Å². The van der Waals surface area contributed by atoms with E-state index >= 15 is 0 Å². The zero-order chi connectivity index (χ0) is 16.3. The third-order valence-corrected chi connectivity index (χ3v) is 2.63. The molecular formula is C12H23N5O4. The molecule has 9 heteroatoms. The van der Waals surface area contributed by atoms with Gasteiger partial charge in [0.25, 0.3) is 0 Å². The number of amides is 5. The molecule has 0 spiro atoms. The first kappa shape index (κ1) is 18.7. The van der Waals surface area contributed by atoms with Crippen LogP contribution in [0.5, 0.6) is 0 Å². The van der Waals surface area contributed by atoms with E-state index in [1.54, 1.807) is 6.92 Å². The van der Waals surface area contributed by atoms with Gasteiger partial charge in [-0.2, -0.15) is 0 Å². The summed E-state index contributed by atoms with van der Waals surface area (Å²) < 4.78 is 0. The van der Waals surface area contributed by atoms with E-state index in [4.69, 9.17) is 5.73 Å². The maximum Gasteiger partial charge on any atom is 0.312 e. The molecular weight excluding hydrogens is 278 g/mol. The molecule has 0 aromatic carbocycles. The molecule has 0 aliphatic heterocycles. The highest BCUT2D eigenvalue weighted by molar-refractivity contribution is 5.89. The molecule has 21 heavy (non-hydrogen) atoms. The average Bonchev–Trinajstić information content (AvgIpc) is 2.46. The lowest BCUT2D eigenvalue weighted by atomic mass is 10.1. The van der Waals surface area contributed by atoms with Gasteiger partial charge in [-0.1, -0.05) is 6.92 Å². The fourth-order valence-corrected chi connectivity index (χ4v) is 1.51. The lowest BCUT2D eigenvalue weighted by molar-refractivity contribution is -0.129. The van der Waals surface area contributed by atoms with E-state index < -0.39 is 18.0 Å². The molecule has 1 atom stereocenters. The Morgan fingerprint density at radius 1 is 1.10 bits per heavy atom. The summed E-state index contributed by atoms with van der Waals surface area (Å²) in [4.78, 5) is 44.8. The average molecular weight is 301 g/mol. The van der Waals surface area contributed by atoms with Gasteiger partial charge in [0.15, 0.2) is 0 Å². The van der Waals surface area contributed by atoms with Gasteiger partial charge in [0, 0.05) is 20.0 Å². The molecule has 5 amide bonds. The lowest BCUT2D eigenvalue weighted by Gasteiger charge is -2.17. The molecule has 0 fully saturated rings. The third-order valence-electron chi connectivity index (χ3n) is 2.63. The van der Waals surface area contributed by atoms with Crippen molar-refractivity contribution in [2.45, 2.75) is 32.2 Å². The summed E-state index contributed by atoms with van der Waals surface area (Å²) in [5, 5.41) is 9.79. The van der Waals surface area contributed by atoms with Crippen LogP contribution in [0, 0.1) is 0 Å². The van der Waals surface area contributed by atoms with Gasteiger partial charge in [0.1, 0.15) is 6.04 Å². The predicted octanol–water partition coefficient (Wildman–Crippen LogP) is -1.81. The van der Waals surface area contributed by atoms with Crippen molar-refractivity contribution in [2.24, 2.45) is 5.73 Å². The lowest BCUT2D eigenvalue weighted by Crippen LogP contribution is -2.49. The van der Waals surface area contributed by atoms with Gasteiger partial charge in [-0.05, 0) is 12.8 Å². The van der Waals surface area contributed by atoms with E-state index in [0.29, 0.717) is 19.4 Å². The van der Waals surface area contributed by atoms with Crippen LogP contribution >= 0.6 is 0 Å². The maximum absolute atomic E-state index is 11.6. The number of hydrogen-bond acceptors (Lipinski definition) is 4. The first-order chi connectivity index (χ1) is 9.90. The molecule has 0 aliphatic carbocycles. The van der Waals surface area contributed by atoms with E-state index in [1.165, 1.54) is 7.05 Å². The van der Waals surface area contributed by atoms with Crippen molar-refractivity contribution < 1.29 is 19.2 Å². The fraction of sp³-hybridized carbons (Fsp3) is 0.667. The highest BCUT2D eigenvalue weighted by Crippen LogP contribution is 1.97. The standard InChI is InChI=1S/C12H23N5O4/c1-3-9(18)16-7-10(19)17-8(11(20)14-2)5-4-6-15-12(13)21/h8H,3-7H2,1-2H3,(H,14,20)(H,16,18)(H,17,19)(H3,13,15,21). The van der Waals surface area contributed by atoms with Crippen molar-refractivity contribution in [3.8, 4) is 0 Å². The Hall–Kier alpha value is -2.32. The van der Waals surface area contributed by atoms with E-state index in [1.807, 2.05) is 0 Å². The molecule has 1 unspecified atom stereocenters. The van der Waals surface area contributed by atoms with Crippen LogP contribution in [0.15, 0.2) is 0 Å². The van der Waals surface area contributed by atoms with Gasteiger partial charge in [0.2, 0.25) is 17.7 Å². The number of primary amides is 1. The van der Waals surface area contributed by atoms with Crippen molar-refractivity contribution in [2.75, 3.05) is 20.1 Å². The summed E-state index contributed by atoms with van der Waals surface area (Å²) in [7, 11) is 1.46. The van der Waals surface area contributed by atoms with E-state index in [-0.39, 0.29) is 24.8 Å². The van der Waals surface area contributed by atoms with Gasteiger partial charge in [-0.3, -0.25) is 14.4 Å². The number of hydrogen-bond donors (Lipinski definition) is 5. The Morgan fingerprint density at radius 3 is 2.29 bits per heavy atom. The summed E-state index contributed by atoms with van der Waals surface area (Å²) >= 11 is 0. The topological polar surface area (TPSA) is 142 Å². The van der Waals surface area contributed by atoms with E-state index in [9.17, 15) is 19.2 Å². The number of urea groups is 1. The first-order valence-electron chi connectivity index (χ1n) is 6.71. The summed E-state index contributed by atoms with van der Waals surface area (Å²) in [6, 6.07) is -1.37. The molecule has 0 aromatic heterocycles. The SMILES string of the molecule is CCC(=O)NCC(=O)NC(CCCNC(N)=O)C(=O)NC. The molecule has 0 radical (unpaired) electrons. The second-order valence-corrected chi connectivity index (χ2v) is 4.30. The van der Waals surface area contributed by atoms with Gasteiger partial charge in [-0.25, -0.2) is 4.79 Å². The molecule has 0 rings (SSSR count). The number of likely N-dealkylation sites (N-methyl/N-ethyl adjacent to an activating group) is 1. The fourth-order valence-electron chi connectivity index (χ4n) is 1.51. The van der Waals surface area contributed by atoms with Crippen LogP contribution in [0.25, 0.3) is 0 Å². The molecule has 0 saturated carbocycles. The van der Waals surface area contributed by atoms with Crippen molar-refractivity contribution in [3.05, 3.63) is 0 Å². The van der Waals surface area contributed by atoms with Crippen molar-refractivity contribution in [1.82, 2.24) is 21.3 Å². The van der Waals surface area contributed by atoms with Crippen molar-refractivity contribution in [3.63, 3.8) is 0 Å². The summed E-state index contributed by atoms with van der Waals surface area (Å²) in [6.45, 7) is 1.80. The second kappa shape index (κ2) is 10.5. The zero-order valence-electron chi connectivity index (χ0n) is 12.3. The van der Waals surface area contributed by atoms with Gasteiger partial charge in [0.05, 0.1) is 6.54 Å². The highest BCUT2D eigenvalue weighted by atomic mass is 16.2. The van der Waals surface area contributed by atoms with Crippen LogP contribution < -0.4 is 27.0 Å². The summed E-state index contributed by atoms with van der Waals surface area (Å²) in [5.74, 6) is -1.04. The number of carbonyl (C=O) groups excluding carboxylic acids is 4. The predicted molar refractivity (Wildman–Crippen MR) is 76.1 cm³/mol. The Morgan fingerprint density at radius 2 is 1.76 bits per heavy atom. The van der Waals surface area contributed by atoms with Crippen molar-refractivity contribution in [1.29, 1.82) is 0 Å². The Balaban J connectivity index is 4.22. The maximum atomic E-state index is 11.6. The third kappa shape index (κ3) is 9.25. The largest absolute Gasteiger partial charge is 0.357 e. The van der Waals surface area contributed by atoms with Crippen molar-refractivity contribution >= 4 is 23.8 Å². The molecule has 6 N–H and O–H groups in total. The molecule has 9 nitrogen and oxygen atoms in total. The normalized spacial score (nSPS) is 11.1. The van der Waals surface area contributed by atoms with E-state index in [2.05, 4.69) is 21.3 Å². The number of rotatable bonds is 9. The summed E-state index contributed by atoms with van der Waals surface area (Å²) in [5.41, 5.74) is 4.92. The highest BCUT2D eigenvalue weighted by Gasteiger charge is 2.19. The van der Waals surface area contributed by atoms with Gasteiger partial charge in [-0.15, -0.1) is 0 Å². The quantitative estimate of drug-likeness (QED) is 0.320. The first-order valence-corrected chi connectivity index (χ1v) is 6.71. The Kier molecular flexibility index (Phi) is 9.31. The van der Waals surface area contributed by atoms with E-state index in [0.717, 1.165) is 0 Å². The molecule has 0 saturated heterocycles.